The first-order valence-electron chi connectivity index (χ1n) is 12.7. The first-order valence-corrected chi connectivity index (χ1v) is 12.7. The fourth-order valence-corrected chi connectivity index (χ4v) is 5.12. The summed E-state index contributed by atoms with van der Waals surface area (Å²) < 4.78 is 28.4. The van der Waals surface area contributed by atoms with E-state index < -0.39 is 111 Å². The Morgan fingerprint density at radius 3 is 1.93 bits per heavy atom. The maximum atomic E-state index is 11.1. The minimum Gasteiger partial charge on any atom is -0.394 e. The average Bonchev–Trinajstić information content (AvgIpc) is 2.97. The maximum Gasteiger partial charge on any atom is 0.177 e. The zero-order chi connectivity index (χ0) is 29.4. The van der Waals surface area contributed by atoms with Crippen molar-refractivity contribution in [3.63, 3.8) is 0 Å². The zero-order valence-corrected chi connectivity index (χ0v) is 21.3. The summed E-state index contributed by atoms with van der Waals surface area (Å²) in [5.74, 6) is 0. The molecule has 3 aliphatic heterocycles. The minimum absolute atomic E-state index is 0.0730. The smallest absolute Gasteiger partial charge is 0.177 e. The highest BCUT2D eigenvalue weighted by atomic mass is 16.7. The molecular weight excluding hydrogens is 540 g/mol. The van der Waals surface area contributed by atoms with Gasteiger partial charge < -0.3 is 81.7 Å². The molecule has 4 rings (SSSR count). The fraction of sp³-hybridized carbons (Fsp3) is 0.783. The van der Waals surface area contributed by atoms with E-state index in [9.17, 15) is 40.9 Å². The summed E-state index contributed by atoms with van der Waals surface area (Å²) in [5.41, 5.74) is 16.1. The highest BCUT2D eigenvalue weighted by Crippen LogP contribution is 2.38. The molecule has 3 saturated heterocycles. The summed E-state index contributed by atoms with van der Waals surface area (Å²) in [6.45, 7) is -2.23. The van der Waals surface area contributed by atoms with Gasteiger partial charge in [-0.2, -0.15) is 0 Å². The molecule has 0 radical (unpaired) electrons. The Morgan fingerprint density at radius 1 is 0.775 bits per heavy atom. The van der Waals surface area contributed by atoms with Crippen molar-refractivity contribution in [2.45, 2.75) is 91.4 Å². The van der Waals surface area contributed by atoms with Crippen molar-refractivity contribution in [2.75, 3.05) is 19.8 Å². The second kappa shape index (κ2) is 12.8. The van der Waals surface area contributed by atoms with E-state index in [1.165, 1.54) is 12.3 Å². The number of hydrogen-bond donors (Lipinski definition) is 11. The van der Waals surface area contributed by atoms with Crippen molar-refractivity contribution >= 4 is 0 Å². The molecule has 14 N–H and O–H groups in total. The average molecular weight is 579 g/mol. The predicted octanol–water partition coefficient (Wildman–Crippen LogP) is -6.75. The third kappa shape index (κ3) is 5.62. The van der Waals surface area contributed by atoms with Crippen LogP contribution in [-0.2, 0) is 29.3 Å². The summed E-state index contributed by atoms with van der Waals surface area (Å²) in [6.07, 6.45) is -15.1. The summed E-state index contributed by atoms with van der Waals surface area (Å²) in [5, 5.41) is 82.8. The Kier molecular flexibility index (Phi) is 10.1. The van der Waals surface area contributed by atoms with Gasteiger partial charge in [0.05, 0.1) is 43.6 Å². The summed E-state index contributed by atoms with van der Waals surface area (Å²) in [4.78, 5) is 4.11. The second-order valence-electron chi connectivity index (χ2n) is 10.1. The molecule has 0 spiro atoms. The summed E-state index contributed by atoms with van der Waals surface area (Å²) >= 11 is 0. The van der Waals surface area contributed by atoms with Crippen molar-refractivity contribution < 1.29 is 64.5 Å². The molecule has 1 aromatic rings. The molecule has 40 heavy (non-hydrogen) atoms. The van der Waals surface area contributed by atoms with Crippen molar-refractivity contribution in [2.24, 2.45) is 17.2 Å². The van der Waals surface area contributed by atoms with Crippen LogP contribution in [0.4, 0.5) is 0 Å². The van der Waals surface area contributed by atoms with Crippen LogP contribution in [-0.4, -0.2) is 151 Å². The van der Waals surface area contributed by atoms with Gasteiger partial charge in [0.15, 0.2) is 24.5 Å². The largest absolute Gasteiger partial charge is 0.394 e. The lowest BCUT2D eigenvalue weighted by Crippen LogP contribution is -2.70. The first kappa shape index (κ1) is 31.4. The van der Waals surface area contributed by atoms with Gasteiger partial charge in [-0.1, -0.05) is 6.07 Å². The molecule has 0 bridgehead atoms. The molecule has 0 aromatic carbocycles. The molecule has 0 aliphatic carbocycles. The molecule has 15 atom stereocenters. The minimum atomic E-state index is -1.95. The molecule has 17 heteroatoms. The van der Waals surface area contributed by atoms with Gasteiger partial charge >= 0.3 is 0 Å². The molecule has 0 saturated carbocycles. The van der Waals surface area contributed by atoms with E-state index >= 15 is 0 Å². The monoisotopic (exact) mass is 578 g/mol. The maximum absolute atomic E-state index is 11.1. The van der Waals surface area contributed by atoms with E-state index in [2.05, 4.69) is 4.98 Å². The van der Waals surface area contributed by atoms with Gasteiger partial charge in [0.25, 0.3) is 0 Å². The molecule has 17 nitrogen and oxygen atoms in total. The lowest BCUT2D eigenvalue weighted by molar-refractivity contribution is -0.363. The van der Waals surface area contributed by atoms with Gasteiger partial charge in [0, 0.05) is 6.20 Å². The van der Waals surface area contributed by atoms with Crippen molar-refractivity contribution in [3.8, 4) is 0 Å². The van der Waals surface area contributed by atoms with E-state index in [0.29, 0.717) is 0 Å². The Hall–Kier alpha value is -1.49. The van der Waals surface area contributed by atoms with Crippen LogP contribution in [0.1, 0.15) is 5.69 Å². The van der Waals surface area contributed by atoms with Crippen LogP contribution in [0, 0.1) is 0 Å². The normalized spacial score (nSPS) is 48.2. The third-order valence-electron chi connectivity index (χ3n) is 7.57. The number of aromatic nitrogens is 1. The standard InChI is InChI=1S/C23H38N4O13/c24-11-14(31)17(8(5-28)36-20(11)35)38-21-12(25)15(32)18(9(6-29)37-21)39-22-13(26)16(33)19(34)23(7-30,40-22)10-3-1-2-4-27-10/h1-4,8-9,11-22,28-35H,5-7,24-26H2/t8-,9-,11?,12?,13-,14?,15-,16-,17?,18?,19+,20?,21+,22-,23+/m1/s1. The van der Waals surface area contributed by atoms with Crippen molar-refractivity contribution in [1.82, 2.24) is 4.98 Å². The van der Waals surface area contributed by atoms with Gasteiger partial charge in [-0.05, 0) is 12.1 Å². The van der Waals surface area contributed by atoms with Crippen molar-refractivity contribution in [1.29, 1.82) is 0 Å². The highest BCUT2D eigenvalue weighted by molar-refractivity contribution is 5.19. The van der Waals surface area contributed by atoms with E-state index in [1.807, 2.05) is 0 Å². The zero-order valence-electron chi connectivity index (χ0n) is 21.3. The Bertz CT molecular complexity index is 951. The molecular formula is C23H38N4O13. The quantitative estimate of drug-likeness (QED) is 0.136. The second-order valence-corrected chi connectivity index (χ2v) is 10.1. The number of hydrogen-bond acceptors (Lipinski definition) is 17. The van der Waals surface area contributed by atoms with Crippen LogP contribution >= 0.6 is 0 Å². The number of pyridine rings is 1. The number of aliphatic hydroxyl groups excluding tert-OH is 8. The highest BCUT2D eigenvalue weighted by Gasteiger charge is 2.57. The first-order chi connectivity index (χ1) is 19.0. The van der Waals surface area contributed by atoms with Crippen LogP contribution in [0.2, 0.25) is 0 Å². The Labute approximate surface area is 228 Å². The SMILES string of the molecule is NC1C(O)O[C@H](CO)C(O[C@@H]2O[C@H](CO)C(O[C@@H]3O[C@@](CO)(c4ccccn4)[C@@H](O)[C@H](O)[C@H]3N)[C@H](O)C2N)C1O. The molecule has 3 fully saturated rings. The summed E-state index contributed by atoms with van der Waals surface area (Å²) in [7, 11) is 0. The number of ether oxygens (including phenoxy) is 5. The van der Waals surface area contributed by atoms with Crippen LogP contribution in [0.3, 0.4) is 0 Å². The molecule has 6 unspecified atom stereocenters. The number of rotatable bonds is 8. The Balaban J connectivity index is 1.53. The van der Waals surface area contributed by atoms with Crippen LogP contribution in [0.25, 0.3) is 0 Å². The fourth-order valence-electron chi connectivity index (χ4n) is 5.12. The number of nitrogens with zero attached hydrogens (tertiary/aromatic N) is 1. The predicted molar refractivity (Wildman–Crippen MR) is 129 cm³/mol. The van der Waals surface area contributed by atoms with Gasteiger partial charge in [0.1, 0.15) is 48.8 Å². The third-order valence-corrected chi connectivity index (χ3v) is 7.57. The molecule has 1 aromatic heterocycles. The van der Waals surface area contributed by atoms with Gasteiger partial charge in [-0.15, -0.1) is 0 Å². The van der Waals surface area contributed by atoms with E-state index in [0.717, 1.165) is 0 Å². The molecule has 228 valence electrons. The van der Waals surface area contributed by atoms with Crippen LogP contribution in [0.5, 0.6) is 0 Å². The van der Waals surface area contributed by atoms with Gasteiger partial charge in [-0.3, -0.25) is 4.98 Å². The molecule has 4 heterocycles. The molecule has 0 amide bonds. The van der Waals surface area contributed by atoms with E-state index in [1.54, 1.807) is 12.1 Å². The number of aliphatic hydroxyl groups is 8. The van der Waals surface area contributed by atoms with E-state index in [-0.39, 0.29) is 5.69 Å². The lowest BCUT2D eigenvalue weighted by atomic mass is 9.83. The molecule has 3 aliphatic rings. The lowest BCUT2D eigenvalue weighted by Gasteiger charge is -2.51. The van der Waals surface area contributed by atoms with Gasteiger partial charge in [0.2, 0.25) is 0 Å². The topological polar surface area (TPSA) is 299 Å². The van der Waals surface area contributed by atoms with Gasteiger partial charge in [-0.25, -0.2) is 0 Å². The van der Waals surface area contributed by atoms with Crippen LogP contribution < -0.4 is 17.2 Å². The van der Waals surface area contributed by atoms with Crippen LogP contribution in [0.15, 0.2) is 24.4 Å². The van der Waals surface area contributed by atoms with Crippen molar-refractivity contribution in [3.05, 3.63) is 30.1 Å². The number of nitrogens with two attached hydrogens (primary N) is 3. The van der Waals surface area contributed by atoms with E-state index in [4.69, 9.17) is 40.9 Å². The Morgan fingerprint density at radius 2 is 1.35 bits per heavy atom. The summed E-state index contributed by atoms with van der Waals surface area (Å²) in [6, 6.07) is 0.577.